The van der Waals surface area contributed by atoms with Gasteiger partial charge in [-0.3, -0.25) is 10.1 Å². The van der Waals surface area contributed by atoms with Crippen LogP contribution in [0.15, 0.2) is 22.2 Å². The number of anilines is 1. The summed E-state index contributed by atoms with van der Waals surface area (Å²) in [6.07, 6.45) is 1.87. The highest BCUT2D eigenvalue weighted by molar-refractivity contribution is 9.10. The Labute approximate surface area is 105 Å². The van der Waals surface area contributed by atoms with Gasteiger partial charge in [0, 0.05) is 17.2 Å². The van der Waals surface area contributed by atoms with E-state index in [0.29, 0.717) is 10.8 Å². The molecular weight excluding hydrogens is 292 g/mol. The normalized spacial score (nSPS) is 10.4. The lowest BCUT2D eigenvalue weighted by molar-refractivity contribution is 0.101. The summed E-state index contributed by atoms with van der Waals surface area (Å²) in [7, 11) is 0. The van der Waals surface area contributed by atoms with Crippen molar-refractivity contribution >= 4 is 38.3 Å². The van der Waals surface area contributed by atoms with Crippen molar-refractivity contribution < 1.29 is 4.79 Å². The van der Waals surface area contributed by atoms with E-state index < -0.39 is 0 Å². The van der Waals surface area contributed by atoms with Crippen molar-refractivity contribution in [3.05, 3.63) is 27.9 Å². The molecule has 0 bridgehead atoms. The molecule has 2 rings (SSSR count). The minimum Gasteiger partial charge on any atom is -0.343 e. The van der Waals surface area contributed by atoms with Crippen LogP contribution < -0.4 is 5.32 Å². The molecule has 0 saturated heterocycles. The van der Waals surface area contributed by atoms with Crippen LogP contribution in [-0.4, -0.2) is 20.7 Å². The van der Waals surface area contributed by atoms with E-state index >= 15 is 0 Å². The number of nitrogens with one attached hydrogen (secondary N) is 1. The minimum atomic E-state index is -0.177. The molecule has 0 fully saturated rings. The minimum absolute atomic E-state index is 0.177. The number of amides is 1. The molecule has 0 aliphatic rings. The lowest BCUT2D eigenvalue weighted by atomic mass is 10.4. The fourth-order valence-corrected chi connectivity index (χ4v) is 2.22. The molecule has 16 heavy (non-hydrogen) atoms. The predicted molar refractivity (Wildman–Crippen MR) is 65.7 cm³/mol. The molecule has 0 spiro atoms. The number of rotatable bonds is 3. The number of halogens is 1. The Morgan fingerprint density at radius 2 is 2.50 bits per heavy atom. The summed E-state index contributed by atoms with van der Waals surface area (Å²) in [5, 5.41) is 10.6. The number of hydrogen-bond donors (Lipinski definition) is 1. The van der Waals surface area contributed by atoms with E-state index in [4.69, 9.17) is 0 Å². The van der Waals surface area contributed by atoms with E-state index in [1.807, 2.05) is 17.7 Å². The van der Waals surface area contributed by atoms with Gasteiger partial charge in [-0.2, -0.15) is 0 Å². The van der Waals surface area contributed by atoms with Crippen molar-refractivity contribution in [1.29, 1.82) is 0 Å². The van der Waals surface area contributed by atoms with Gasteiger partial charge in [0.15, 0.2) is 0 Å². The van der Waals surface area contributed by atoms with E-state index in [9.17, 15) is 4.79 Å². The van der Waals surface area contributed by atoms with Crippen molar-refractivity contribution in [2.75, 3.05) is 5.32 Å². The highest BCUT2D eigenvalue weighted by atomic mass is 79.9. The summed E-state index contributed by atoms with van der Waals surface area (Å²) < 4.78 is 2.75. The molecule has 5 nitrogen and oxygen atoms in total. The highest BCUT2D eigenvalue weighted by Gasteiger charge is 2.13. The largest absolute Gasteiger partial charge is 0.343 e. The van der Waals surface area contributed by atoms with E-state index in [1.165, 1.54) is 11.3 Å². The first kappa shape index (κ1) is 11.3. The average molecular weight is 301 g/mol. The summed E-state index contributed by atoms with van der Waals surface area (Å²) in [6, 6.07) is 1.78. The monoisotopic (exact) mass is 300 g/mol. The molecule has 2 aromatic heterocycles. The molecule has 0 unspecified atom stereocenters. The molecule has 0 aliphatic heterocycles. The third-order valence-electron chi connectivity index (χ3n) is 2.02. The maximum absolute atomic E-state index is 11.9. The zero-order valence-electron chi connectivity index (χ0n) is 8.48. The highest BCUT2D eigenvalue weighted by Crippen LogP contribution is 2.17. The van der Waals surface area contributed by atoms with Crippen LogP contribution in [0.1, 0.15) is 17.4 Å². The first-order valence-electron chi connectivity index (χ1n) is 4.64. The average Bonchev–Trinajstić information content (AvgIpc) is 2.86. The summed E-state index contributed by atoms with van der Waals surface area (Å²) in [5.74, 6) is -0.177. The van der Waals surface area contributed by atoms with Gasteiger partial charge in [-0.05, 0) is 28.9 Å². The number of carbonyl (C=O) groups excluding carboxylic acids is 1. The number of carbonyl (C=O) groups is 1. The Kier molecular flexibility index (Phi) is 3.35. The van der Waals surface area contributed by atoms with Gasteiger partial charge in [-0.25, -0.2) is 0 Å². The molecular formula is C9H9BrN4OS. The lowest BCUT2D eigenvalue weighted by Crippen LogP contribution is -2.16. The predicted octanol–water partition coefficient (Wildman–Crippen LogP) is 2.37. The van der Waals surface area contributed by atoms with Crippen LogP contribution in [0.2, 0.25) is 0 Å². The van der Waals surface area contributed by atoms with Gasteiger partial charge in [-0.1, -0.05) is 11.3 Å². The smallest absolute Gasteiger partial charge is 0.274 e. The molecule has 2 aromatic rings. The van der Waals surface area contributed by atoms with Crippen LogP contribution in [0, 0.1) is 0 Å². The maximum Gasteiger partial charge on any atom is 0.274 e. The Hall–Kier alpha value is -1.21. The standard InChI is InChI=1S/C9H9BrN4OS/c1-2-14-4-6(10)3-7(14)8(15)12-9-13-11-5-16-9/h3-5H,2H2,1H3,(H,12,13,15). The Morgan fingerprint density at radius 1 is 1.69 bits per heavy atom. The van der Waals surface area contributed by atoms with Crippen molar-refractivity contribution in [3.63, 3.8) is 0 Å². The summed E-state index contributed by atoms with van der Waals surface area (Å²) in [4.78, 5) is 11.9. The summed E-state index contributed by atoms with van der Waals surface area (Å²) in [5.41, 5.74) is 2.18. The van der Waals surface area contributed by atoms with Crippen molar-refractivity contribution in [3.8, 4) is 0 Å². The summed E-state index contributed by atoms with van der Waals surface area (Å²) >= 11 is 4.63. The zero-order chi connectivity index (χ0) is 11.5. The number of nitrogens with zero attached hydrogens (tertiary/aromatic N) is 3. The van der Waals surface area contributed by atoms with Crippen LogP contribution >= 0.6 is 27.3 Å². The summed E-state index contributed by atoms with van der Waals surface area (Å²) in [6.45, 7) is 2.72. The van der Waals surface area contributed by atoms with E-state index in [-0.39, 0.29) is 5.91 Å². The molecule has 0 aromatic carbocycles. The van der Waals surface area contributed by atoms with Crippen LogP contribution in [0.25, 0.3) is 0 Å². The fourth-order valence-electron chi connectivity index (χ4n) is 1.32. The second-order valence-corrected chi connectivity index (χ2v) is 4.78. The number of aromatic nitrogens is 3. The maximum atomic E-state index is 11.9. The second-order valence-electron chi connectivity index (χ2n) is 3.03. The van der Waals surface area contributed by atoms with Gasteiger partial charge in [0.25, 0.3) is 5.91 Å². The van der Waals surface area contributed by atoms with Gasteiger partial charge in [-0.15, -0.1) is 10.2 Å². The van der Waals surface area contributed by atoms with Gasteiger partial charge in [0.05, 0.1) is 0 Å². The third kappa shape index (κ3) is 2.30. The molecule has 1 N–H and O–H groups in total. The third-order valence-corrected chi connectivity index (χ3v) is 3.06. The van der Waals surface area contributed by atoms with Gasteiger partial charge < -0.3 is 4.57 Å². The van der Waals surface area contributed by atoms with E-state index in [2.05, 4.69) is 31.4 Å². The van der Waals surface area contributed by atoms with Gasteiger partial charge in [0.2, 0.25) is 5.13 Å². The molecule has 1 amide bonds. The molecule has 0 radical (unpaired) electrons. The molecule has 84 valence electrons. The van der Waals surface area contributed by atoms with Crippen LogP contribution in [0.3, 0.4) is 0 Å². The second kappa shape index (κ2) is 4.75. The Balaban J connectivity index is 2.20. The SMILES string of the molecule is CCn1cc(Br)cc1C(=O)Nc1nncs1. The van der Waals surface area contributed by atoms with Crippen molar-refractivity contribution in [2.45, 2.75) is 13.5 Å². The fraction of sp³-hybridized carbons (Fsp3) is 0.222. The lowest BCUT2D eigenvalue weighted by Gasteiger charge is -2.04. The first-order chi connectivity index (χ1) is 7.70. The van der Waals surface area contributed by atoms with Gasteiger partial charge >= 0.3 is 0 Å². The quantitative estimate of drug-likeness (QED) is 0.947. The van der Waals surface area contributed by atoms with Crippen LogP contribution in [0.4, 0.5) is 5.13 Å². The number of aryl methyl sites for hydroxylation is 1. The zero-order valence-corrected chi connectivity index (χ0v) is 10.9. The topological polar surface area (TPSA) is 59.8 Å². The van der Waals surface area contributed by atoms with Crippen LogP contribution in [-0.2, 0) is 6.54 Å². The van der Waals surface area contributed by atoms with Crippen LogP contribution in [0.5, 0.6) is 0 Å². The molecule has 0 saturated carbocycles. The molecule has 0 aliphatic carbocycles. The molecule has 7 heteroatoms. The van der Waals surface area contributed by atoms with E-state index in [1.54, 1.807) is 11.6 Å². The Morgan fingerprint density at radius 3 is 3.12 bits per heavy atom. The van der Waals surface area contributed by atoms with Gasteiger partial charge in [0.1, 0.15) is 11.2 Å². The Bertz CT molecular complexity index is 494. The number of hydrogen-bond acceptors (Lipinski definition) is 4. The van der Waals surface area contributed by atoms with Crippen molar-refractivity contribution in [2.24, 2.45) is 0 Å². The van der Waals surface area contributed by atoms with Crippen molar-refractivity contribution in [1.82, 2.24) is 14.8 Å². The molecule has 2 heterocycles. The molecule has 0 atom stereocenters. The first-order valence-corrected chi connectivity index (χ1v) is 6.31. The van der Waals surface area contributed by atoms with E-state index in [0.717, 1.165) is 11.0 Å².